The topological polar surface area (TPSA) is 54.5 Å². The van der Waals surface area contributed by atoms with Gasteiger partial charge in [-0.25, -0.2) is 9.37 Å². The number of pyridine rings is 1. The largest absolute Gasteiger partial charge is 0.480 e. The van der Waals surface area contributed by atoms with Crippen molar-refractivity contribution in [2.24, 2.45) is 5.92 Å². The first-order chi connectivity index (χ1) is 11.9. The van der Waals surface area contributed by atoms with Gasteiger partial charge in [-0.05, 0) is 37.3 Å². The van der Waals surface area contributed by atoms with Crippen LogP contribution in [0.25, 0.3) is 0 Å². The van der Waals surface area contributed by atoms with Crippen LogP contribution in [0.4, 0.5) is 15.8 Å². The molecule has 0 saturated heterocycles. The van der Waals surface area contributed by atoms with Gasteiger partial charge in [0.2, 0.25) is 11.8 Å². The lowest BCUT2D eigenvalue weighted by Crippen LogP contribution is -2.48. The molecule has 1 aliphatic heterocycles. The van der Waals surface area contributed by atoms with Crippen LogP contribution in [0, 0.1) is 11.7 Å². The molecule has 0 radical (unpaired) electrons. The predicted molar refractivity (Wildman–Crippen MR) is 95.3 cm³/mol. The van der Waals surface area contributed by atoms with Gasteiger partial charge in [0.15, 0.2) is 0 Å². The van der Waals surface area contributed by atoms with Crippen LogP contribution in [0.15, 0.2) is 36.5 Å². The molecule has 1 aromatic heterocycles. The number of amides is 1. The molecule has 5 nitrogen and oxygen atoms in total. The molecule has 6 heteroatoms. The first kappa shape index (κ1) is 17.2. The normalized spacial score (nSPS) is 22.3. The van der Waals surface area contributed by atoms with Gasteiger partial charge in [-0.2, -0.15) is 0 Å². The van der Waals surface area contributed by atoms with E-state index < -0.39 is 0 Å². The molecule has 0 saturated carbocycles. The maximum absolute atomic E-state index is 13.9. The quantitative estimate of drug-likeness (QED) is 0.922. The number of carbonyl (C=O) groups is 1. The maximum atomic E-state index is 13.9. The van der Waals surface area contributed by atoms with Crippen LogP contribution in [0.1, 0.15) is 32.4 Å². The monoisotopic (exact) mass is 343 g/mol. The van der Waals surface area contributed by atoms with Crippen molar-refractivity contribution in [2.45, 2.75) is 32.9 Å². The molecular weight excluding hydrogens is 321 g/mol. The van der Waals surface area contributed by atoms with Crippen molar-refractivity contribution in [1.29, 1.82) is 0 Å². The highest BCUT2D eigenvalue weighted by Gasteiger charge is 2.38. The Morgan fingerprint density at radius 3 is 2.76 bits per heavy atom. The van der Waals surface area contributed by atoms with E-state index in [1.54, 1.807) is 24.3 Å². The van der Waals surface area contributed by atoms with E-state index in [-0.39, 0.29) is 29.7 Å². The van der Waals surface area contributed by atoms with Crippen LogP contribution in [-0.2, 0) is 4.79 Å². The molecule has 2 heterocycles. The molecule has 3 atom stereocenters. The lowest BCUT2D eigenvalue weighted by Gasteiger charge is -2.44. The Morgan fingerprint density at radius 1 is 1.32 bits per heavy atom. The minimum Gasteiger partial charge on any atom is -0.480 e. The van der Waals surface area contributed by atoms with Crippen LogP contribution in [0.3, 0.4) is 0 Å². The average Bonchev–Trinajstić information content (AvgIpc) is 2.59. The maximum Gasteiger partial charge on any atom is 0.237 e. The van der Waals surface area contributed by atoms with E-state index in [0.29, 0.717) is 5.88 Å². The smallest absolute Gasteiger partial charge is 0.237 e. The molecule has 25 heavy (non-hydrogen) atoms. The fraction of sp³-hybridized carbons (Fsp3) is 0.368. The van der Waals surface area contributed by atoms with Gasteiger partial charge in [-0.1, -0.05) is 6.92 Å². The van der Waals surface area contributed by atoms with E-state index in [1.807, 2.05) is 19.1 Å². The van der Waals surface area contributed by atoms with Crippen molar-refractivity contribution in [3.05, 3.63) is 47.9 Å². The average molecular weight is 343 g/mol. The molecule has 3 rings (SSSR count). The molecule has 1 aromatic carbocycles. The van der Waals surface area contributed by atoms with Crippen molar-refractivity contribution in [2.75, 3.05) is 17.3 Å². The summed E-state index contributed by atoms with van der Waals surface area (Å²) in [6, 6.07) is 8.04. The second-order valence-electron chi connectivity index (χ2n) is 6.37. The van der Waals surface area contributed by atoms with Gasteiger partial charge in [-0.15, -0.1) is 0 Å². The number of rotatable bonds is 3. The van der Waals surface area contributed by atoms with Crippen molar-refractivity contribution in [3.8, 4) is 5.88 Å². The molecule has 2 aromatic rings. The lowest BCUT2D eigenvalue weighted by atomic mass is 9.82. The lowest BCUT2D eigenvalue weighted by molar-refractivity contribution is -0.117. The third-order valence-electron chi connectivity index (χ3n) is 4.89. The molecule has 0 aliphatic carbocycles. The van der Waals surface area contributed by atoms with E-state index in [2.05, 4.69) is 17.2 Å². The van der Waals surface area contributed by atoms with Crippen LogP contribution >= 0.6 is 0 Å². The van der Waals surface area contributed by atoms with Gasteiger partial charge in [0.05, 0.1) is 18.8 Å². The number of fused-ring (bicyclic) bond motifs is 1. The number of anilines is 2. The van der Waals surface area contributed by atoms with E-state index in [9.17, 15) is 9.18 Å². The number of carbonyl (C=O) groups excluding carboxylic acids is 1. The van der Waals surface area contributed by atoms with Gasteiger partial charge >= 0.3 is 0 Å². The molecular formula is C19H22FN3O2. The zero-order valence-corrected chi connectivity index (χ0v) is 14.8. The molecule has 0 fully saturated rings. The highest BCUT2D eigenvalue weighted by molar-refractivity contribution is 5.94. The Bertz CT molecular complexity index is 796. The Morgan fingerprint density at radius 2 is 2.08 bits per heavy atom. The van der Waals surface area contributed by atoms with E-state index >= 15 is 0 Å². The van der Waals surface area contributed by atoms with Crippen LogP contribution < -0.4 is 15.0 Å². The number of benzene rings is 1. The predicted octanol–water partition coefficient (Wildman–Crippen LogP) is 3.77. The zero-order chi connectivity index (χ0) is 18.1. The summed E-state index contributed by atoms with van der Waals surface area (Å²) >= 11 is 0. The molecule has 132 valence electrons. The first-order valence-corrected chi connectivity index (χ1v) is 8.28. The molecule has 0 bridgehead atoms. The third kappa shape index (κ3) is 3.04. The SMILES string of the molecule is COc1ncccc1N[C@H]1c2cc(F)ccc2N(C(C)=O)[C@@H](C)[C@@H]1C. The molecule has 0 spiro atoms. The second kappa shape index (κ2) is 6.70. The Hall–Kier alpha value is -2.63. The zero-order valence-electron chi connectivity index (χ0n) is 14.8. The number of hydrogen-bond acceptors (Lipinski definition) is 4. The van der Waals surface area contributed by atoms with Crippen molar-refractivity contribution in [3.63, 3.8) is 0 Å². The van der Waals surface area contributed by atoms with Crippen molar-refractivity contribution >= 4 is 17.3 Å². The van der Waals surface area contributed by atoms with Gasteiger partial charge in [0, 0.05) is 36.3 Å². The molecule has 0 unspecified atom stereocenters. The Labute approximate surface area is 146 Å². The van der Waals surface area contributed by atoms with Gasteiger partial charge < -0.3 is 15.0 Å². The Kier molecular flexibility index (Phi) is 4.61. The van der Waals surface area contributed by atoms with Gasteiger partial charge in [0.25, 0.3) is 0 Å². The first-order valence-electron chi connectivity index (χ1n) is 8.28. The number of halogens is 1. The Balaban J connectivity index is 2.08. The fourth-order valence-corrected chi connectivity index (χ4v) is 3.51. The standard InChI is InChI=1S/C19H22FN3O2/c1-11-12(2)23(13(3)24)17-8-7-14(20)10-15(17)18(11)22-16-6-5-9-21-19(16)25-4/h5-12,18,22H,1-4H3/t11-,12-,18+/m0/s1. The van der Waals surface area contributed by atoms with Crippen LogP contribution in [0.5, 0.6) is 5.88 Å². The summed E-state index contributed by atoms with van der Waals surface area (Å²) in [6.45, 7) is 5.59. The second-order valence-corrected chi connectivity index (χ2v) is 6.37. The summed E-state index contributed by atoms with van der Waals surface area (Å²) in [5.41, 5.74) is 2.23. The molecule has 1 N–H and O–H groups in total. The minimum absolute atomic E-state index is 0.0318. The number of hydrogen-bond donors (Lipinski definition) is 1. The van der Waals surface area contributed by atoms with E-state index in [0.717, 1.165) is 16.9 Å². The summed E-state index contributed by atoms with van der Waals surface area (Å²) in [7, 11) is 1.56. The van der Waals surface area contributed by atoms with Gasteiger partial charge in [-0.3, -0.25) is 4.79 Å². The van der Waals surface area contributed by atoms with Gasteiger partial charge in [0.1, 0.15) is 5.82 Å². The number of aromatic nitrogens is 1. The van der Waals surface area contributed by atoms with E-state index in [1.165, 1.54) is 19.1 Å². The number of nitrogens with one attached hydrogen (secondary N) is 1. The highest BCUT2D eigenvalue weighted by Crippen LogP contribution is 2.43. The number of ether oxygens (including phenoxy) is 1. The van der Waals surface area contributed by atoms with Crippen LogP contribution in [-0.4, -0.2) is 24.0 Å². The number of methoxy groups -OCH3 is 1. The van der Waals surface area contributed by atoms with Crippen LogP contribution in [0.2, 0.25) is 0 Å². The fourth-order valence-electron chi connectivity index (χ4n) is 3.51. The third-order valence-corrected chi connectivity index (χ3v) is 4.89. The van der Waals surface area contributed by atoms with E-state index in [4.69, 9.17) is 4.74 Å². The minimum atomic E-state index is -0.325. The summed E-state index contributed by atoms with van der Waals surface area (Å²) in [6.07, 6.45) is 1.65. The molecule has 1 amide bonds. The summed E-state index contributed by atoms with van der Waals surface area (Å²) in [5, 5.41) is 3.43. The van der Waals surface area contributed by atoms with Crippen molar-refractivity contribution in [1.82, 2.24) is 4.98 Å². The summed E-state index contributed by atoms with van der Waals surface area (Å²) < 4.78 is 19.2. The highest BCUT2D eigenvalue weighted by atomic mass is 19.1. The summed E-state index contributed by atoms with van der Waals surface area (Å²) in [5.74, 6) is 0.163. The molecule has 1 aliphatic rings. The number of nitrogens with zero attached hydrogens (tertiary/aromatic N) is 2. The summed E-state index contributed by atoms with van der Waals surface area (Å²) in [4.78, 5) is 18.1. The van der Waals surface area contributed by atoms with Crippen molar-refractivity contribution < 1.29 is 13.9 Å².